The van der Waals surface area contributed by atoms with Crippen molar-refractivity contribution in [3.05, 3.63) is 35.0 Å². The van der Waals surface area contributed by atoms with Crippen LogP contribution in [0.4, 0.5) is 0 Å². The Morgan fingerprint density at radius 1 is 1.41 bits per heavy atom. The molecule has 1 heterocycles. The molecule has 0 saturated heterocycles. The Kier molecular flexibility index (Phi) is 2.48. The number of aryl methyl sites for hydroxylation is 2. The molecule has 0 amide bonds. The number of hydrogen-bond acceptors (Lipinski definition) is 1. The number of hydrogen-bond donors (Lipinski definition) is 1. The van der Waals surface area contributed by atoms with Crippen LogP contribution in [-0.4, -0.2) is 11.1 Å². The summed E-state index contributed by atoms with van der Waals surface area (Å²) in [5, 5.41) is 1.45. The van der Waals surface area contributed by atoms with Crippen molar-refractivity contribution in [2.75, 3.05) is 6.54 Å². The van der Waals surface area contributed by atoms with Crippen molar-refractivity contribution in [3.63, 3.8) is 0 Å². The van der Waals surface area contributed by atoms with Gasteiger partial charge in [0.15, 0.2) is 0 Å². The van der Waals surface area contributed by atoms with Gasteiger partial charge in [-0.1, -0.05) is 11.6 Å². The quantitative estimate of drug-likeness (QED) is 0.799. The van der Waals surface area contributed by atoms with Gasteiger partial charge in [0.05, 0.1) is 0 Å². The smallest absolute Gasteiger partial charge is 0.0482 e. The Morgan fingerprint density at radius 3 is 3.00 bits per heavy atom. The number of rotatable bonds is 1. The minimum atomic E-state index is 0.675. The second-order valence-corrected chi connectivity index (χ2v) is 5.35. The molecule has 90 valence electrons. The molecule has 2 nitrogen and oxygen atoms in total. The first kappa shape index (κ1) is 10.8. The number of nitrogens with zero attached hydrogens (tertiary/aromatic N) is 1. The minimum absolute atomic E-state index is 0.675. The molecule has 17 heavy (non-hydrogen) atoms. The van der Waals surface area contributed by atoms with Crippen LogP contribution in [0, 0.1) is 12.8 Å². The molecule has 1 aliphatic carbocycles. The van der Waals surface area contributed by atoms with E-state index in [1.807, 2.05) is 0 Å². The van der Waals surface area contributed by atoms with Gasteiger partial charge in [-0.15, -0.1) is 0 Å². The summed E-state index contributed by atoms with van der Waals surface area (Å²) in [7, 11) is 2.19. The minimum Gasteiger partial charge on any atom is -0.347 e. The third kappa shape index (κ3) is 1.59. The van der Waals surface area contributed by atoms with Crippen molar-refractivity contribution < 1.29 is 0 Å². The van der Waals surface area contributed by atoms with Crippen LogP contribution in [0.3, 0.4) is 0 Å². The average molecular weight is 228 g/mol. The maximum absolute atomic E-state index is 5.83. The standard InChI is InChI=1S/C15H20N2/c1-10-3-5-14-12(7-10)13-8-11(9-16)4-6-15(13)17(14)2/h3,5,7,11H,4,6,8-9,16H2,1-2H3. The van der Waals surface area contributed by atoms with Crippen LogP contribution in [-0.2, 0) is 19.9 Å². The highest BCUT2D eigenvalue weighted by atomic mass is 15.0. The first-order chi connectivity index (χ1) is 8.20. The lowest BCUT2D eigenvalue weighted by Gasteiger charge is -2.21. The van der Waals surface area contributed by atoms with E-state index in [9.17, 15) is 0 Å². The van der Waals surface area contributed by atoms with Crippen molar-refractivity contribution in [2.45, 2.75) is 26.2 Å². The predicted octanol–water partition coefficient (Wildman–Crippen LogP) is 2.55. The van der Waals surface area contributed by atoms with Gasteiger partial charge < -0.3 is 10.3 Å². The lowest BCUT2D eigenvalue weighted by atomic mass is 9.86. The Labute approximate surface area is 102 Å². The van der Waals surface area contributed by atoms with Gasteiger partial charge in [-0.05, 0) is 56.3 Å². The molecule has 1 aliphatic rings. The van der Waals surface area contributed by atoms with Gasteiger partial charge in [0.2, 0.25) is 0 Å². The van der Waals surface area contributed by atoms with E-state index in [-0.39, 0.29) is 0 Å². The summed E-state index contributed by atoms with van der Waals surface area (Å²) in [6.45, 7) is 2.99. The summed E-state index contributed by atoms with van der Waals surface area (Å²) >= 11 is 0. The molecule has 0 radical (unpaired) electrons. The molecule has 2 heteroatoms. The van der Waals surface area contributed by atoms with Crippen molar-refractivity contribution in [3.8, 4) is 0 Å². The zero-order chi connectivity index (χ0) is 12.0. The molecule has 0 aliphatic heterocycles. The molecular weight excluding hydrogens is 208 g/mol. The average Bonchev–Trinajstić information content (AvgIpc) is 2.62. The van der Waals surface area contributed by atoms with Crippen LogP contribution in [0.15, 0.2) is 18.2 Å². The topological polar surface area (TPSA) is 30.9 Å². The van der Waals surface area contributed by atoms with Crippen molar-refractivity contribution >= 4 is 10.9 Å². The zero-order valence-electron chi connectivity index (χ0n) is 10.7. The lowest BCUT2D eigenvalue weighted by molar-refractivity contribution is 0.462. The molecule has 0 fully saturated rings. The molecule has 1 aromatic heterocycles. The second kappa shape index (κ2) is 3.88. The maximum atomic E-state index is 5.83. The molecule has 2 N–H and O–H groups in total. The fourth-order valence-corrected chi connectivity index (χ4v) is 3.17. The lowest BCUT2D eigenvalue weighted by Crippen LogP contribution is -2.22. The van der Waals surface area contributed by atoms with Crippen LogP contribution in [0.5, 0.6) is 0 Å². The summed E-state index contributed by atoms with van der Waals surface area (Å²) in [5.74, 6) is 0.675. The number of nitrogens with two attached hydrogens (primary N) is 1. The van der Waals surface area contributed by atoms with Gasteiger partial charge in [0.25, 0.3) is 0 Å². The zero-order valence-corrected chi connectivity index (χ0v) is 10.7. The van der Waals surface area contributed by atoms with Gasteiger partial charge >= 0.3 is 0 Å². The summed E-state index contributed by atoms with van der Waals surface area (Å²) in [5.41, 5.74) is 11.6. The van der Waals surface area contributed by atoms with E-state index in [2.05, 4.69) is 36.7 Å². The summed E-state index contributed by atoms with van der Waals surface area (Å²) in [6.07, 6.45) is 3.58. The Hall–Kier alpha value is -1.28. The summed E-state index contributed by atoms with van der Waals surface area (Å²) in [4.78, 5) is 0. The van der Waals surface area contributed by atoms with Gasteiger partial charge in [-0.2, -0.15) is 0 Å². The monoisotopic (exact) mass is 228 g/mol. The van der Waals surface area contributed by atoms with E-state index in [0.29, 0.717) is 5.92 Å². The van der Waals surface area contributed by atoms with E-state index < -0.39 is 0 Å². The Balaban J connectivity index is 2.23. The van der Waals surface area contributed by atoms with Crippen molar-refractivity contribution in [1.29, 1.82) is 0 Å². The second-order valence-electron chi connectivity index (χ2n) is 5.35. The molecule has 1 atom stereocenters. The van der Waals surface area contributed by atoms with Crippen LogP contribution in [0.1, 0.15) is 23.2 Å². The number of fused-ring (bicyclic) bond motifs is 3. The van der Waals surface area contributed by atoms with E-state index in [0.717, 1.165) is 13.0 Å². The fourth-order valence-electron chi connectivity index (χ4n) is 3.17. The SMILES string of the molecule is Cc1ccc2c(c1)c1c(n2C)CCC(CN)C1. The maximum Gasteiger partial charge on any atom is 0.0482 e. The van der Waals surface area contributed by atoms with E-state index in [1.54, 1.807) is 5.56 Å². The highest BCUT2D eigenvalue weighted by molar-refractivity contribution is 5.86. The largest absolute Gasteiger partial charge is 0.347 e. The Bertz CT molecular complexity index is 566. The highest BCUT2D eigenvalue weighted by Crippen LogP contribution is 2.33. The number of benzene rings is 1. The van der Waals surface area contributed by atoms with Crippen LogP contribution >= 0.6 is 0 Å². The van der Waals surface area contributed by atoms with Gasteiger partial charge in [-0.25, -0.2) is 0 Å². The van der Waals surface area contributed by atoms with Crippen molar-refractivity contribution in [1.82, 2.24) is 4.57 Å². The molecule has 0 spiro atoms. The van der Waals surface area contributed by atoms with Gasteiger partial charge in [-0.3, -0.25) is 0 Å². The first-order valence-corrected chi connectivity index (χ1v) is 6.47. The van der Waals surface area contributed by atoms with Crippen LogP contribution in [0.25, 0.3) is 10.9 Å². The summed E-state index contributed by atoms with van der Waals surface area (Å²) < 4.78 is 2.37. The highest BCUT2D eigenvalue weighted by Gasteiger charge is 2.23. The van der Waals surface area contributed by atoms with Crippen LogP contribution < -0.4 is 5.73 Å². The normalized spacial score (nSPS) is 19.6. The molecular formula is C15H20N2. The molecule has 0 saturated carbocycles. The third-order valence-electron chi connectivity index (χ3n) is 4.21. The van der Waals surface area contributed by atoms with Gasteiger partial charge in [0.1, 0.15) is 0 Å². The molecule has 0 bridgehead atoms. The van der Waals surface area contributed by atoms with Gasteiger partial charge in [0, 0.05) is 23.6 Å². The molecule has 1 aromatic carbocycles. The number of aromatic nitrogens is 1. The Morgan fingerprint density at radius 2 is 2.24 bits per heavy atom. The third-order valence-corrected chi connectivity index (χ3v) is 4.21. The van der Waals surface area contributed by atoms with Crippen molar-refractivity contribution in [2.24, 2.45) is 18.7 Å². The molecule has 1 unspecified atom stereocenters. The van der Waals surface area contributed by atoms with E-state index >= 15 is 0 Å². The van der Waals surface area contributed by atoms with E-state index in [1.165, 1.54) is 35.0 Å². The molecule has 2 aromatic rings. The summed E-state index contributed by atoms with van der Waals surface area (Å²) in [6, 6.07) is 6.78. The molecule has 3 rings (SSSR count). The first-order valence-electron chi connectivity index (χ1n) is 6.47. The predicted molar refractivity (Wildman–Crippen MR) is 72.2 cm³/mol. The fraction of sp³-hybridized carbons (Fsp3) is 0.467. The van der Waals surface area contributed by atoms with Crippen LogP contribution in [0.2, 0.25) is 0 Å². The van der Waals surface area contributed by atoms with E-state index in [4.69, 9.17) is 5.73 Å².